The summed E-state index contributed by atoms with van der Waals surface area (Å²) in [4.78, 5) is 0. The molecule has 0 aromatic heterocycles. The summed E-state index contributed by atoms with van der Waals surface area (Å²) in [6, 6.07) is 8.73. The molecule has 0 radical (unpaired) electrons. The normalized spacial score (nSPS) is 15.5. The molecule has 2 aromatic carbocycles. The van der Waals surface area contributed by atoms with E-state index in [2.05, 4.69) is 107 Å². The first-order valence-electron chi connectivity index (χ1n) is 15.1. The van der Waals surface area contributed by atoms with Gasteiger partial charge in [0.25, 0.3) is 0 Å². The Hall–Kier alpha value is -1.51. The van der Waals surface area contributed by atoms with Crippen molar-refractivity contribution >= 4 is 12.4 Å². The van der Waals surface area contributed by atoms with Crippen LogP contribution in [0.4, 0.5) is 0 Å². The zero-order chi connectivity index (χ0) is 30.3. The number of benzene rings is 2. The Bertz CT molecular complexity index is 1280. The Morgan fingerprint density at radius 2 is 1.02 bits per heavy atom. The van der Waals surface area contributed by atoms with Crippen molar-refractivity contribution in [2.75, 3.05) is 0 Å². The molecule has 2 aromatic rings. The Morgan fingerprint density at radius 3 is 1.42 bits per heavy atom. The minimum Gasteiger partial charge on any atom is -1.00 e. The van der Waals surface area contributed by atoms with Crippen LogP contribution in [0, 0.1) is 0 Å². The van der Waals surface area contributed by atoms with E-state index >= 15 is 0 Å². The molecule has 4 nitrogen and oxygen atoms in total. The van der Waals surface area contributed by atoms with Gasteiger partial charge in [-0.1, -0.05) is 106 Å². The molecule has 0 amide bonds. The van der Waals surface area contributed by atoms with Crippen LogP contribution in [-0.4, -0.2) is 33.4 Å². The Balaban J connectivity index is 0.00000588. The van der Waals surface area contributed by atoms with Gasteiger partial charge in [-0.3, -0.25) is 0 Å². The van der Waals surface area contributed by atoms with Crippen molar-refractivity contribution in [2.45, 2.75) is 143 Å². The van der Waals surface area contributed by atoms with E-state index in [1.165, 1.54) is 30.4 Å². The molecule has 0 aliphatic heterocycles. The van der Waals surface area contributed by atoms with Gasteiger partial charge in [0.2, 0.25) is 6.21 Å². The molecular formula is C36H55Cl2CrN2O2+. The van der Waals surface area contributed by atoms with Gasteiger partial charge in [-0.05, 0) is 62.9 Å². The molecule has 0 heterocycles. The van der Waals surface area contributed by atoms with Gasteiger partial charge in [-0.15, -0.1) is 0 Å². The summed E-state index contributed by atoms with van der Waals surface area (Å²) in [5.41, 5.74) is 5.25. The van der Waals surface area contributed by atoms with Gasteiger partial charge in [0.05, 0.1) is 5.56 Å². The molecule has 1 saturated carbocycles. The molecular weight excluding hydrogens is 615 g/mol. The predicted molar refractivity (Wildman–Crippen MR) is 171 cm³/mol. The fourth-order valence-corrected chi connectivity index (χ4v) is 5.37. The van der Waals surface area contributed by atoms with E-state index < -0.39 is 0 Å². The maximum Gasteiger partial charge on any atom is 2.00 e. The second kappa shape index (κ2) is 15.2. The topological polar surface area (TPSA) is 55.8 Å². The number of phenolic OH excluding ortho intramolecular Hbond substituents is 2. The summed E-state index contributed by atoms with van der Waals surface area (Å²) < 4.78 is 2.05. The number of hydrogen-bond acceptors (Lipinski definition) is 3. The second-order valence-electron chi connectivity index (χ2n) is 16.0. The molecule has 0 saturated heterocycles. The summed E-state index contributed by atoms with van der Waals surface area (Å²) in [5.74, 6) is 0.615. The number of rotatable bonds is 4. The molecule has 2 N–H and O–H groups in total. The van der Waals surface area contributed by atoms with E-state index in [-0.39, 0.29) is 69.9 Å². The van der Waals surface area contributed by atoms with Crippen molar-refractivity contribution < 1.29 is 57.1 Å². The van der Waals surface area contributed by atoms with Crippen LogP contribution in [0.1, 0.15) is 149 Å². The maximum absolute atomic E-state index is 11.5. The average molecular weight is 671 g/mol. The number of aromatic hydroxyl groups is 2. The molecule has 43 heavy (non-hydrogen) atoms. The minimum absolute atomic E-state index is 0. The van der Waals surface area contributed by atoms with Gasteiger partial charge < -0.3 is 35.0 Å². The molecule has 0 spiro atoms. The molecule has 0 atom stereocenters. The van der Waals surface area contributed by atoms with Gasteiger partial charge in [0, 0.05) is 29.5 Å². The number of halogens is 2. The van der Waals surface area contributed by atoms with Crippen molar-refractivity contribution in [3.05, 3.63) is 57.6 Å². The smallest absolute Gasteiger partial charge is 1.00 e. The summed E-state index contributed by atoms with van der Waals surface area (Å²) >= 11 is 0. The van der Waals surface area contributed by atoms with E-state index in [0.717, 1.165) is 35.1 Å². The fraction of sp³-hybridized carbons (Fsp3) is 0.611. The van der Waals surface area contributed by atoms with Crippen LogP contribution >= 0.6 is 0 Å². The van der Waals surface area contributed by atoms with E-state index in [0.29, 0.717) is 11.5 Å². The molecule has 0 unspecified atom stereocenters. The van der Waals surface area contributed by atoms with Crippen molar-refractivity contribution in [3.8, 4) is 11.5 Å². The Kier molecular flexibility index (Phi) is 14.7. The van der Waals surface area contributed by atoms with Crippen LogP contribution in [0.25, 0.3) is 0 Å². The van der Waals surface area contributed by atoms with Crippen molar-refractivity contribution in [3.63, 3.8) is 0 Å². The zero-order valence-corrected chi connectivity index (χ0v) is 31.3. The number of nitrogens with zero attached hydrogens (tertiary/aromatic N) is 2. The molecule has 7 heteroatoms. The van der Waals surface area contributed by atoms with Crippen molar-refractivity contribution in [2.24, 2.45) is 5.10 Å². The molecule has 1 aliphatic rings. The third kappa shape index (κ3) is 10.5. The summed E-state index contributed by atoms with van der Waals surface area (Å²) in [6.07, 6.45) is 9.55. The van der Waals surface area contributed by atoms with E-state index in [4.69, 9.17) is 5.10 Å². The first-order chi connectivity index (χ1) is 18.2. The number of hydrogen-bond donors (Lipinski definition) is 2. The fourth-order valence-electron chi connectivity index (χ4n) is 5.37. The number of hydrazone groups is 1. The molecule has 3 rings (SSSR count). The summed E-state index contributed by atoms with van der Waals surface area (Å²) in [7, 11) is 0. The Labute approximate surface area is 285 Å². The average Bonchev–Trinajstić information content (AvgIpc) is 2.81. The van der Waals surface area contributed by atoms with Gasteiger partial charge in [-0.25, -0.2) is 0 Å². The van der Waals surface area contributed by atoms with Crippen LogP contribution in [0.2, 0.25) is 0 Å². The molecule has 1 aliphatic carbocycles. The second-order valence-corrected chi connectivity index (χ2v) is 16.0. The summed E-state index contributed by atoms with van der Waals surface area (Å²) in [5, 5.41) is 27.9. The first kappa shape index (κ1) is 41.5. The monoisotopic (exact) mass is 669 g/mol. The van der Waals surface area contributed by atoms with Crippen LogP contribution < -0.4 is 24.8 Å². The largest absolute Gasteiger partial charge is 2.00 e. The van der Waals surface area contributed by atoms with Crippen molar-refractivity contribution in [1.29, 1.82) is 0 Å². The standard InChI is InChI=1S/C36H54N2O2.2ClH.Cr/c1-33(2,3)26-18-24(31(39)29(20-26)35(7,8)9)22-37-38(28-16-14-13-15-17-28)23-25-19-27(34(4,5)6)21-30(32(25)40)36(10,11)12;;;/h18-23,28H,13-17H2,1-12H3,(H,37,39);2*1H;/q;;;+2/p-1. The molecule has 240 valence electrons. The third-order valence-corrected chi connectivity index (χ3v) is 8.18. The Morgan fingerprint density at radius 1 is 0.628 bits per heavy atom. The zero-order valence-electron chi connectivity index (χ0n) is 28.5. The van der Waals surface area contributed by atoms with Crippen LogP contribution in [0.15, 0.2) is 29.4 Å². The van der Waals surface area contributed by atoms with Crippen LogP contribution in [-0.2, 0) is 39.0 Å². The van der Waals surface area contributed by atoms with Gasteiger partial charge in [0.15, 0.2) is 6.04 Å². The molecule has 1 fully saturated rings. The third-order valence-electron chi connectivity index (χ3n) is 8.18. The minimum atomic E-state index is -0.203. The SMILES string of the molecule is CC(C)(C)c1cc(C=N[N+](=Cc2cc(C(C)(C)C)cc(C(C)(C)C)c2O)C2CCCCC2)c(O)c(C(C)(C)C)c1.[Cl-].[Cl-].[Cr+2]. The quantitative estimate of drug-likeness (QED) is 0.299. The van der Waals surface area contributed by atoms with E-state index in [1.807, 2.05) is 17.1 Å². The molecule has 0 bridgehead atoms. The van der Waals surface area contributed by atoms with Gasteiger partial charge >= 0.3 is 17.4 Å². The van der Waals surface area contributed by atoms with E-state index in [1.54, 1.807) is 0 Å². The maximum atomic E-state index is 11.5. The first-order valence-corrected chi connectivity index (χ1v) is 15.1. The van der Waals surface area contributed by atoms with Crippen LogP contribution in [0.5, 0.6) is 11.5 Å². The van der Waals surface area contributed by atoms with Crippen LogP contribution in [0.3, 0.4) is 0 Å². The van der Waals surface area contributed by atoms with Gasteiger partial charge in [0.1, 0.15) is 17.7 Å². The van der Waals surface area contributed by atoms with Crippen molar-refractivity contribution in [1.82, 2.24) is 0 Å². The summed E-state index contributed by atoms with van der Waals surface area (Å²) in [6.45, 7) is 26.1. The predicted octanol–water partition coefficient (Wildman–Crippen LogP) is 3.09. The van der Waals surface area contributed by atoms with Gasteiger partial charge in [-0.2, -0.15) is 0 Å². The van der Waals surface area contributed by atoms with E-state index in [9.17, 15) is 10.2 Å². The number of phenols is 2.